The molecule has 24 heavy (non-hydrogen) atoms. The third kappa shape index (κ3) is 3.80. The van der Waals surface area contributed by atoms with Gasteiger partial charge in [0.25, 0.3) is 0 Å². The van der Waals surface area contributed by atoms with Gasteiger partial charge >= 0.3 is 0 Å². The molecule has 0 aliphatic carbocycles. The van der Waals surface area contributed by atoms with Crippen molar-refractivity contribution in [1.29, 1.82) is 0 Å². The second-order valence-corrected chi connectivity index (χ2v) is 8.08. The van der Waals surface area contributed by atoms with Crippen molar-refractivity contribution in [3.05, 3.63) is 29.3 Å². The van der Waals surface area contributed by atoms with Gasteiger partial charge < -0.3 is 14.8 Å². The van der Waals surface area contributed by atoms with E-state index in [1.54, 1.807) is 0 Å². The number of ether oxygens (including phenoxy) is 2. The maximum atomic E-state index is 6.12. The second kappa shape index (κ2) is 7.48. The van der Waals surface area contributed by atoms with Gasteiger partial charge in [-0.2, -0.15) is 0 Å². The molecule has 130 valence electrons. The predicted octanol–water partition coefficient (Wildman–Crippen LogP) is 3.55. The Hall–Kier alpha value is -1.01. The summed E-state index contributed by atoms with van der Waals surface area (Å²) in [6.45, 7) is 3.65. The van der Waals surface area contributed by atoms with Crippen LogP contribution in [0.5, 0.6) is 0 Å². The number of thiazole rings is 1. The first kappa shape index (κ1) is 16.5. The molecule has 1 aromatic heterocycles. The molecule has 4 nitrogen and oxygen atoms in total. The molecule has 0 bridgehead atoms. The van der Waals surface area contributed by atoms with Crippen LogP contribution in [0.25, 0.3) is 10.2 Å². The Balaban J connectivity index is 1.23. The Morgan fingerprint density at radius 2 is 2.08 bits per heavy atom. The average Bonchev–Trinajstić information content (AvgIpc) is 3.02. The van der Waals surface area contributed by atoms with E-state index >= 15 is 0 Å². The lowest BCUT2D eigenvalue weighted by Crippen LogP contribution is -2.50. The first-order valence-corrected chi connectivity index (χ1v) is 9.94. The Labute approximate surface area is 147 Å². The van der Waals surface area contributed by atoms with E-state index in [2.05, 4.69) is 29.6 Å². The van der Waals surface area contributed by atoms with Crippen molar-refractivity contribution >= 4 is 21.6 Å². The summed E-state index contributed by atoms with van der Waals surface area (Å²) in [6.07, 6.45) is 6.58. The van der Waals surface area contributed by atoms with E-state index in [4.69, 9.17) is 14.5 Å². The van der Waals surface area contributed by atoms with E-state index in [0.29, 0.717) is 6.04 Å². The van der Waals surface area contributed by atoms with Crippen molar-refractivity contribution in [2.24, 2.45) is 0 Å². The zero-order valence-corrected chi connectivity index (χ0v) is 14.9. The van der Waals surface area contributed by atoms with Gasteiger partial charge in [0.2, 0.25) is 0 Å². The van der Waals surface area contributed by atoms with Crippen molar-refractivity contribution in [3.63, 3.8) is 0 Å². The Morgan fingerprint density at radius 3 is 2.96 bits per heavy atom. The van der Waals surface area contributed by atoms with Gasteiger partial charge in [-0.1, -0.05) is 12.1 Å². The Bertz CT molecular complexity index is 628. The van der Waals surface area contributed by atoms with Gasteiger partial charge in [0, 0.05) is 32.3 Å². The van der Waals surface area contributed by atoms with Crippen LogP contribution in [0.4, 0.5) is 0 Å². The van der Waals surface area contributed by atoms with Gasteiger partial charge in [-0.15, -0.1) is 11.3 Å². The molecule has 3 heterocycles. The molecule has 0 radical (unpaired) electrons. The highest BCUT2D eigenvalue weighted by atomic mass is 32.1. The lowest BCUT2D eigenvalue weighted by molar-refractivity contribution is -0.140. The molecule has 2 saturated heterocycles. The molecule has 0 amide bonds. The third-order valence-corrected chi connectivity index (χ3v) is 6.33. The molecular weight excluding hydrogens is 320 g/mol. The first-order valence-electron chi connectivity index (χ1n) is 9.13. The van der Waals surface area contributed by atoms with Gasteiger partial charge in [0.05, 0.1) is 20.8 Å². The fourth-order valence-electron chi connectivity index (χ4n) is 3.87. The molecule has 5 heteroatoms. The molecule has 2 aliphatic rings. The third-order valence-electron chi connectivity index (χ3n) is 5.24. The number of nitrogens with zero attached hydrogens (tertiary/aromatic N) is 1. The van der Waals surface area contributed by atoms with E-state index in [0.717, 1.165) is 70.4 Å². The molecule has 4 rings (SSSR count). The van der Waals surface area contributed by atoms with E-state index in [1.807, 2.05) is 11.3 Å². The number of aromatic nitrogens is 1. The van der Waals surface area contributed by atoms with Crippen LogP contribution in [0, 0.1) is 0 Å². The molecule has 1 N–H and O–H groups in total. The second-order valence-electron chi connectivity index (χ2n) is 6.97. The maximum Gasteiger partial charge on any atom is 0.0939 e. The topological polar surface area (TPSA) is 43.4 Å². The molecule has 0 unspecified atom stereocenters. The summed E-state index contributed by atoms with van der Waals surface area (Å²) in [5, 5.41) is 5.01. The monoisotopic (exact) mass is 346 g/mol. The number of hydrogen-bond donors (Lipinski definition) is 1. The number of fused-ring (bicyclic) bond motifs is 1. The minimum absolute atomic E-state index is 0.0845. The van der Waals surface area contributed by atoms with Gasteiger partial charge in [0.1, 0.15) is 0 Å². The lowest BCUT2D eigenvalue weighted by Gasteiger charge is -2.43. The summed E-state index contributed by atoms with van der Waals surface area (Å²) in [5.41, 5.74) is 1.22. The highest BCUT2D eigenvalue weighted by Crippen LogP contribution is 2.34. The number of rotatable bonds is 5. The van der Waals surface area contributed by atoms with Gasteiger partial charge in [-0.05, 0) is 50.8 Å². The SMILES string of the molecule is c1ccc2sc(CCCN[C@H]3CCOC4(CCOCC4)C3)nc2c1. The average molecular weight is 346 g/mol. The molecule has 1 atom stereocenters. The summed E-state index contributed by atoms with van der Waals surface area (Å²) in [7, 11) is 0. The zero-order chi connectivity index (χ0) is 16.2. The molecular formula is C19H26N2O2S. The van der Waals surface area contributed by atoms with Crippen LogP contribution in [-0.4, -0.2) is 43.0 Å². The minimum atomic E-state index is 0.0845. The Kier molecular flexibility index (Phi) is 5.13. The summed E-state index contributed by atoms with van der Waals surface area (Å²) in [6, 6.07) is 8.99. The summed E-state index contributed by atoms with van der Waals surface area (Å²) in [4.78, 5) is 4.72. The van der Waals surface area contributed by atoms with Crippen molar-refractivity contribution in [2.75, 3.05) is 26.4 Å². The van der Waals surface area contributed by atoms with E-state index in [-0.39, 0.29) is 5.60 Å². The summed E-state index contributed by atoms with van der Waals surface area (Å²) < 4.78 is 12.9. The van der Waals surface area contributed by atoms with Gasteiger partial charge in [-0.3, -0.25) is 0 Å². The highest BCUT2D eigenvalue weighted by Gasteiger charge is 2.38. The number of nitrogens with one attached hydrogen (secondary N) is 1. The number of hydrogen-bond acceptors (Lipinski definition) is 5. The van der Waals surface area contributed by atoms with Crippen LogP contribution in [0.1, 0.15) is 37.1 Å². The molecule has 0 saturated carbocycles. The molecule has 2 aromatic rings. The van der Waals surface area contributed by atoms with Gasteiger partial charge in [-0.25, -0.2) is 4.98 Å². The van der Waals surface area contributed by atoms with Crippen LogP contribution in [0.15, 0.2) is 24.3 Å². The van der Waals surface area contributed by atoms with Crippen LogP contribution in [0.2, 0.25) is 0 Å². The quantitative estimate of drug-likeness (QED) is 0.841. The van der Waals surface area contributed by atoms with E-state index in [9.17, 15) is 0 Å². The standard InChI is InChI=1S/C19H26N2O2S/c1-2-5-17-16(4-1)21-18(24-17)6-3-10-20-15-7-11-23-19(14-15)8-12-22-13-9-19/h1-2,4-5,15,20H,3,6-14H2/t15-/m0/s1. The Morgan fingerprint density at radius 1 is 1.21 bits per heavy atom. The molecule has 2 fully saturated rings. The van der Waals surface area contributed by atoms with Crippen molar-refractivity contribution in [3.8, 4) is 0 Å². The minimum Gasteiger partial charge on any atom is -0.381 e. The smallest absolute Gasteiger partial charge is 0.0939 e. The summed E-state index contributed by atoms with van der Waals surface area (Å²) in [5.74, 6) is 0. The summed E-state index contributed by atoms with van der Waals surface area (Å²) >= 11 is 1.83. The van der Waals surface area contributed by atoms with Crippen molar-refractivity contribution < 1.29 is 9.47 Å². The number of para-hydroxylation sites is 1. The van der Waals surface area contributed by atoms with Crippen LogP contribution < -0.4 is 5.32 Å². The van der Waals surface area contributed by atoms with Crippen molar-refractivity contribution in [2.45, 2.75) is 50.2 Å². The zero-order valence-electron chi connectivity index (χ0n) is 14.1. The first-order chi connectivity index (χ1) is 11.8. The number of aryl methyl sites for hydroxylation is 1. The van der Waals surface area contributed by atoms with Crippen LogP contribution >= 0.6 is 11.3 Å². The lowest BCUT2D eigenvalue weighted by atomic mass is 9.84. The van der Waals surface area contributed by atoms with Crippen LogP contribution in [-0.2, 0) is 15.9 Å². The highest BCUT2D eigenvalue weighted by molar-refractivity contribution is 7.18. The van der Waals surface area contributed by atoms with Crippen LogP contribution in [0.3, 0.4) is 0 Å². The largest absolute Gasteiger partial charge is 0.381 e. The van der Waals surface area contributed by atoms with E-state index < -0.39 is 0 Å². The fourth-order valence-corrected chi connectivity index (χ4v) is 4.88. The molecule has 1 aromatic carbocycles. The number of benzene rings is 1. The van der Waals surface area contributed by atoms with Crippen molar-refractivity contribution in [1.82, 2.24) is 10.3 Å². The predicted molar refractivity (Wildman–Crippen MR) is 97.7 cm³/mol. The van der Waals surface area contributed by atoms with E-state index in [1.165, 1.54) is 9.71 Å². The maximum absolute atomic E-state index is 6.12. The molecule has 2 aliphatic heterocycles. The molecule has 1 spiro atoms. The normalized spacial score (nSPS) is 23.8. The fraction of sp³-hybridized carbons (Fsp3) is 0.632. The van der Waals surface area contributed by atoms with Gasteiger partial charge in [0.15, 0.2) is 0 Å².